The molecule has 0 aliphatic carbocycles. The molecular formula is C22H20ClFN4O2S. The lowest BCUT2D eigenvalue weighted by Crippen LogP contribution is -2.36. The highest BCUT2D eigenvalue weighted by Crippen LogP contribution is 2.39. The first-order valence-electron chi connectivity index (χ1n) is 9.76. The van der Waals surface area contributed by atoms with Gasteiger partial charge in [0.05, 0.1) is 29.4 Å². The predicted octanol–water partition coefficient (Wildman–Crippen LogP) is 4.20. The maximum absolute atomic E-state index is 13.7. The summed E-state index contributed by atoms with van der Waals surface area (Å²) < 4.78 is 20.8. The van der Waals surface area contributed by atoms with Crippen LogP contribution in [0.2, 0.25) is 5.02 Å². The fourth-order valence-corrected chi connectivity index (χ4v) is 4.23. The number of aromatic nitrogens is 2. The van der Waals surface area contributed by atoms with Crippen LogP contribution < -0.4 is 5.32 Å². The van der Waals surface area contributed by atoms with E-state index in [0.29, 0.717) is 10.8 Å². The SMILES string of the molecule is CCOC(=O)CN1C(=S)N[C@H](c2ccccn2)[C@@H]1c1cccn1-c1ccc(F)c(Cl)c1. The standard InChI is InChI=1S/C22H20ClFN4O2S/c1-2-30-19(29)13-28-21(20(26-22(28)31)17-6-3-4-10-25-17)18-7-5-11-27(18)14-8-9-16(24)15(23)12-14/h3-12,20-21H,2,13H2,1H3,(H,26,31)/t20-,21+/m1/s1. The van der Waals surface area contributed by atoms with Crippen LogP contribution in [0.5, 0.6) is 0 Å². The van der Waals surface area contributed by atoms with E-state index in [1.54, 1.807) is 30.2 Å². The summed E-state index contributed by atoms with van der Waals surface area (Å²) in [5.74, 6) is -0.862. The molecule has 31 heavy (non-hydrogen) atoms. The van der Waals surface area contributed by atoms with E-state index in [9.17, 15) is 9.18 Å². The Hall–Kier alpha value is -2.97. The van der Waals surface area contributed by atoms with Crippen LogP contribution >= 0.6 is 23.8 Å². The number of hydrogen-bond donors (Lipinski definition) is 1. The van der Waals surface area contributed by atoms with E-state index in [1.165, 1.54) is 6.07 Å². The quantitative estimate of drug-likeness (QED) is 0.441. The van der Waals surface area contributed by atoms with Crippen molar-refractivity contribution in [3.8, 4) is 5.69 Å². The van der Waals surface area contributed by atoms with Crippen LogP contribution in [0.15, 0.2) is 60.9 Å². The van der Waals surface area contributed by atoms with E-state index in [2.05, 4.69) is 10.3 Å². The van der Waals surface area contributed by atoms with E-state index in [0.717, 1.165) is 11.4 Å². The molecule has 1 N–H and O–H groups in total. The summed E-state index contributed by atoms with van der Waals surface area (Å²) >= 11 is 11.6. The molecule has 3 aromatic rings. The zero-order valence-electron chi connectivity index (χ0n) is 16.7. The lowest BCUT2D eigenvalue weighted by Gasteiger charge is -2.28. The third-order valence-corrected chi connectivity index (χ3v) is 5.71. The molecule has 1 aliphatic heterocycles. The van der Waals surface area contributed by atoms with Gasteiger partial charge < -0.3 is 19.5 Å². The largest absolute Gasteiger partial charge is 0.465 e. The summed E-state index contributed by atoms with van der Waals surface area (Å²) in [5.41, 5.74) is 2.32. The van der Waals surface area contributed by atoms with Crippen molar-refractivity contribution in [1.29, 1.82) is 0 Å². The summed E-state index contributed by atoms with van der Waals surface area (Å²) in [6, 6.07) is 13.3. The second-order valence-corrected chi connectivity index (χ2v) is 7.75. The molecule has 0 amide bonds. The van der Waals surface area contributed by atoms with Gasteiger partial charge in [0.2, 0.25) is 0 Å². The molecule has 3 heterocycles. The number of carbonyl (C=O) groups excluding carboxylic acids is 1. The van der Waals surface area contributed by atoms with Crippen LogP contribution in [0, 0.1) is 5.82 Å². The molecule has 1 aromatic carbocycles. The summed E-state index contributed by atoms with van der Waals surface area (Å²) in [6.45, 7) is 2.03. The summed E-state index contributed by atoms with van der Waals surface area (Å²) in [4.78, 5) is 18.6. The molecule has 9 heteroatoms. The van der Waals surface area contributed by atoms with Crippen LogP contribution in [0.25, 0.3) is 5.69 Å². The van der Waals surface area contributed by atoms with Gasteiger partial charge in [-0.05, 0) is 61.6 Å². The minimum Gasteiger partial charge on any atom is -0.465 e. The van der Waals surface area contributed by atoms with Gasteiger partial charge in [0, 0.05) is 23.8 Å². The number of nitrogens with one attached hydrogen (secondary N) is 1. The first-order valence-corrected chi connectivity index (χ1v) is 10.5. The number of halogens is 2. The van der Waals surface area contributed by atoms with Crippen molar-refractivity contribution in [2.24, 2.45) is 0 Å². The molecule has 0 radical (unpaired) electrons. The van der Waals surface area contributed by atoms with Gasteiger partial charge in [-0.15, -0.1) is 0 Å². The third-order valence-electron chi connectivity index (χ3n) is 5.07. The van der Waals surface area contributed by atoms with Crippen LogP contribution in [-0.2, 0) is 9.53 Å². The zero-order chi connectivity index (χ0) is 22.0. The first kappa shape index (κ1) is 21.3. The van der Waals surface area contributed by atoms with E-state index < -0.39 is 5.82 Å². The normalized spacial score (nSPS) is 18.2. The van der Waals surface area contributed by atoms with Gasteiger partial charge in [0.25, 0.3) is 0 Å². The Balaban J connectivity index is 1.79. The monoisotopic (exact) mass is 458 g/mol. The number of pyridine rings is 1. The molecule has 0 bridgehead atoms. The molecule has 1 saturated heterocycles. The average Bonchev–Trinajstić information content (AvgIpc) is 3.36. The molecule has 0 unspecified atom stereocenters. The van der Waals surface area contributed by atoms with E-state index >= 15 is 0 Å². The Bertz CT molecular complexity index is 1110. The van der Waals surface area contributed by atoms with Gasteiger partial charge in [-0.2, -0.15) is 0 Å². The predicted molar refractivity (Wildman–Crippen MR) is 120 cm³/mol. The highest BCUT2D eigenvalue weighted by molar-refractivity contribution is 7.80. The first-order chi connectivity index (χ1) is 15.0. The van der Waals surface area contributed by atoms with Crippen molar-refractivity contribution in [2.75, 3.05) is 13.2 Å². The van der Waals surface area contributed by atoms with Crippen molar-refractivity contribution in [3.63, 3.8) is 0 Å². The highest BCUT2D eigenvalue weighted by Gasteiger charge is 2.42. The van der Waals surface area contributed by atoms with Crippen LogP contribution in [0.4, 0.5) is 4.39 Å². The van der Waals surface area contributed by atoms with E-state index in [1.807, 2.05) is 41.1 Å². The average molecular weight is 459 g/mol. The van der Waals surface area contributed by atoms with Crippen molar-refractivity contribution in [3.05, 3.63) is 83.2 Å². The van der Waals surface area contributed by atoms with Crippen molar-refractivity contribution >= 4 is 34.9 Å². The minimum atomic E-state index is -0.488. The molecule has 0 saturated carbocycles. The lowest BCUT2D eigenvalue weighted by molar-refractivity contribution is -0.143. The molecular weight excluding hydrogens is 439 g/mol. The van der Waals surface area contributed by atoms with Gasteiger partial charge in [-0.1, -0.05) is 17.7 Å². The van der Waals surface area contributed by atoms with Gasteiger partial charge in [-0.25, -0.2) is 4.39 Å². The second-order valence-electron chi connectivity index (χ2n) is 6.96. The Morgan fingerprint density at radius 1 is 1.29 bits per heavy atom. The number of carbonyl (C=O) groups is 1. The fraction of sp³-hybridized carbons (Fsp3) is 0.227. The van der Waals surface area contributed by atoms with Crippen molar-refractivity contribution in [2.45, 2.75) is 19.0 Å². The molecule has 1 aliphatic rings. The molecule has 0 spiro atoms. The smallest absolute Gasteiger partial charge is 0.325 e. The van der Waals surface area contributed by atoms with Gasteiger partial charge in [0.1, 0.15) is 12.4 Å². The van der Waals surface area contributed by atoms with Gasteiger partial charge in [0.15, 0.2) is 5.11 Å². The molecule has 2 atom stereocenters. The van der Waals surface area contributed by atoms with Gasteiger partial charge >= 0.3 is 5.97 Å². The van der Waals surface area contributed by atoms with Crippen molar-refractivity contribution in [1.82, 2.24) is 19.8 Å². The Labute approximate surface area is 189 Å². The van der Waals surface area contributed by atoms with E-state index in [-0.39, 0.29) is 36.2 Å². The zero-order valence-corrected chi connectivity index (χ0v) is 18.2. The fourth-order valence-electron chi connectivity index (χ4n) is 3.75. The summed E-state index contributed by atoms with van der Waals surface area (Å²) in [5, 5.41) is 3.75. The number of rotatable bonds is 6. The topological polar surface area (TPSA) is 59.4 Å². The maximum atomic E-state index is 13.7. The molecule has 2 aromatic heterocycles. The number of ether oxygens (including phenoxy) is 1. The minimum absolute atomic E-state index is 0.0109. The summed E-state index contributed by atoms with van der Waals surface area (Å²) in [6.07, 6.45) is 3.57. The molecule has 6 nitrogen and oxygen atoms in total. The van der Waals surface area contributed by atoms with Crippen molar-refractivity contribution < 1.29 is 13.9 Å². The number of thiocarbonyl (C=S) groups is 1. The Kier molecular flexibility index (Phi) is 6.20. The van der Waals surface area contributed by atoms with Crippen LogP contribution in [0.1, 0.15) is 30.4 Å². The number of hydrogen-bond acceptors (Lipinski definition) is 4. The van der Waals surface area contributed by atoms with Gasteiger partial charge in [-0.3, -0.25) is 9.78 Å². The molecule has 4 rings (SSSR count). The molecule has 160 valence electrons. The Morgan fingerprint density at radius 3 is 2.84 bits per heavy atom. The van der Waals surface area contributed by atoms with Crippen LogP contribution in [0.3, 0.4) is 0 Å². The number of benzene rings is 1. The number of nitrogens with zero attached hydrogens (tertiary/aromatic N) is 3. The van der Waals surface area contributed by atoms with Crippen LogP contribution in [-0.4, -0.2) is 38.7 Å². The molecule has 1 fully saturated rings. The maximum Gasteiger partial charge on any atom is 0.325 e. The third kappa shape index (κ3) is 4.26. The number of esters is 1. The Morgan fingerprint density at radius 2 is 2.13 bits per heavy atom. The second kappa shape index (κ2) is 9.03. The summed E-state index contributed by atoms with van der Waals surface area (Å²) in [7, 11) is 0. The highest BCUT2D eigenvalue weighted by atomic mass is 35.5. The van der Waals surface area contributed by atoms with E-state index in [4.69, 9.17) is 28.6 Å². The lowest BCUT2D eigenvalue weighted by atomic mass is 10.0.